The molecule has 0 aliphatic carbocycles. The van der Waals surface area contributed by atoms with Gasteiger partial charge in [-0.05, 0) is 55.5 Å². The summed E-state index contributed by atoms with van der Waals surface area (Å²) in [5.74, 6) is -0.595. The Balaban J connectivity index is 2.00. The van der Waals surface area contributed by atoms with Crippen LogP contribution in [-0.4, -0.2) is 22.8 Å². The summed E-state index contributed by atoms with van der Waals surface area (Å²) in [4.78, 5) is 27.3. The van der Waals surface area contributed by atoms with Crippen LogP contribution in [0.25, 0.3) is 11.3 Å². The average molecular weight is 394 g/mol. The van der Waals surface area contributed by atoms with Gasteiger partial charge in [0.1, 0.15) is 23.4 Å². The molecule has 5 N–H and O–H groups in total. The molecule has 1 heterocycles. The summed E-state index contributed by atoms with van der Waals surface area (Å²) in [5.41, 5.74) is 12.6. The molecule has 2 amide bonds. The number of nitrogens with zero attached hydrogens (tertiary/aromatic N) is 1. The van der Waals surface area contributed by atoms with Crippen LogP contribution in [0.1, 0.15) is 17.3 Å². The van der Waals surface area contributed by atoms with Crippen LogP contribution in [0.15, 0.2) is 60.8 Å². The second-order valence-electron chi connectivity index (χ2n) is 6.33. The van der Waals surface area contributed by atoms with Crippen LogP contribution in [0.4, 0.5) is 10.1 Å². The molecule has 0 spiro atoms. The zero-order chi connectivity index (χ0) is 21.0. The van der Waals surface area contributed by atoms with Gasteiger partial charge in [-0.3, -0.25) is 14.6 Å². The van der Waals surface area contributed by atoms with E-state index < -0.39 is 17.9 Å². The number of anilines is 1. The van der Waals surface area contributed by atoms with Crippen molar-refractivity contribution >= 4 is 17.5 Å². The first-order valence-electron chi connectivity index (χ1n) is 8.73. The van der Waals surface area contributed by atoms with Crippen LogP contribution < -0.4 is 21.5 Å². The summed E-state index contributed by atoms with van der Waals surface area (Å²) in [6.07, 6.45) is 1.47. The quantitative estimate of drug-likeness (QED) is 0.569. The Kier molecular flexibility index (Phi) is 5.73. The molecule has 148 valence electrons. The Hall–Kier alpha value is -3.94. The lowest BCUT2D eigenvalue weighted by molar-refractivity contribution is -0.118. The first-order chi connectivity index (χ1) is 13.8. The van der Waals surface area contributed by atoms with Crippen molar-refractivity contribution in [2.45, 2.75) is 13.0 Å². The van der Waals surface area contributed by atoms with E-state index >= 15 is 0 Å². The van der Waals surface area contributed by atoms with Crippen LogP contribution in [0.3, 0.4) is 0 Å². The molecule has 0 unspecified atom stereocenters. The van der Waals surface area contributed by atoms with E-state index in [0.717, 1.165) is 0 Å². The highest BCUT2D eigenvalue weighted by Gasteiger charge is 2.15. The normalized spacial score (nSPS) is 11.5. The SMILES string of the molecule is C[C@H](Nc1cc(Oc2ccc(F)cc2)ccc1-c1cc(C(N)=O)ccn1)C(N)=O. The first-order valence-corrected chi connectivity index (χ1v) is 8.73. The molecule has 2 aromatic carbocycles. The number of halogens is 1. The molecule has 7 nitrogen and oxygen atoms in total. The van der Waals surface area contributed by atoms with E-state index in [1.165, 1.54) is 36.5 Å². The molecule has 0 bridgehead atoms. The summed E-state index contributed by atoms with van der Waals surface area (Å²) in [7, 11) is 0. The van der Waals surface area contributed by atoms with Gasteiger partial charge in [0.25, 0.3) is 0 Å². The first kappa shape index (κ1) is 19.8. The van der Waals surface area contributed by atoms with Crippen LogP contribution in [-0.2, 0) is 4.79 Å². The fourth-order valence-corrected chi connectivity index (χ4v) is 2.60. The third kappa shape index (κ3) is 4.86. The molecule has 0 aliphatic rings. The number of carbonyl (C=O) groups is 2. The van der Waals surface area contributed by atoms with Crippen LogP contribution in [0.2, 0.25) is 0 Å². The number of aromatic nitrogens is 1. The number of nitrogens with two attached hydrogens (primary N) is 2. The standard InChI is InChI=1S/C21H19FN4O3/c1-12(20(23)27)26-19-11-16(29-15-4-2-14(22)3-5-15)6-7-17(19)18-10-13(21(24)28)8-9-25-18/h2-12,26H,1H3,(H2,23,27)(H2,24,28)/t12-/m0/s1. The molecular weight excluding hydrogens is 375 g/mol. The molecule has 29 heavy (non-hydrogen) atoms. The van der Waals surface area contributed by atoms with Gasteiger partial charge < -0.3 is 21.5 Å². The van der Waals surface area contributed by atoms with Gasteiger partial charge in [0, 0.05) is 29.1 Å². The van der Waals surface area contributed by atoms with E-state index in [1.807, 2.05) is 0 Å². The van der Waals surface area contributed by atoms with E-state index in [-0.39, 0.29) is 5.82 Å². The number of carbonyl (C=O) groups excluding carboxylic acids is 2. The Labute approximate surface area is 166 Å². The molecule has 0 aliphatic heterocycles. The van der Waals surface area contributed by atoms with Gasteiger partial charge in [0.2, 0.25) is 11.8 Å². The Morgan fingerprint density at radius 3 is 2.38 bits per heavy atom. The largest absolute Gasteiger partial charge is 0.457 e. The van der Waals surface area contributed by atoms with Crippen molar-refractivity contribution in [1.82, 2.24) is 4.98 Å². The van der Waals surface area contributed by atoms with Gasteiger partial charge in [0.05, 0.1) is 5.69 Å². The summed E-state index contributed by atoms with van der Waals surface area (Å²) in [6.45, 7) is 1.62. The Morgan fingerprint density at radius 1 is 1.03 bits per heavy atom. The maximum Gasteiger partial charge on any atom is 0.248 e. The van der Waals surface area contributed by atoms with Gasteiger partial charge in [-0.1, -0.05) is 0 Å². The van der Waals surface area contributed by atoms with Crippen LogP contribution in [0.5, 0.6) is 11.5 Å². The molecule has 8 heteroatoms. The van der Waals surface area contributed by atoms with Crippen molar-refractivity contribution < 1.29 is 18.7 Å². The highest BCUT2D eigenvalue weighted by Crippen LogP contribution is 2.33. The minimum absolute atomic E-state index is 0.301. The van der Waals surface area contributed by atoms with E-state index in [1.54, 1.807) is 31.2 Å². The third-order valence-electron chi connectivity index (χ3n) is 4.16. The summed E-state index contributed by atoms with van der Waals surface area (Å²) >= 11 is 0. The number of hydrogen-bond acceptors (Lipinski definition) is 5. The summed E-state index contributed by atoms with van der Waals surface area (Å²) in [5, 5.41) is 3.02. The molecule has 0 radical (unpaired) electrons. The number of amides is 2. The summed E-state index contributed by atoms with van der Waals surface area (Å²) < 4.78 is 18.8. The highest BCUT2D eigenvalue weighted by molar-refractivity contribution is 5.94. The van der Waals surface area contributed by atoms with Gasteiger partial charge in [-0.25, -0.2) is 4.39 Å². The monoisotopic (exact) mass is 394 g/mol. The van der Waals surface area contributed by atoms with Crippen LogP contribution >= 0.6 is 0 Å². The zero-order valence-electron chi connectivity index (χ0n) is 15.6. The molecule has 0 saturated carbocycles. The zero-order valence-corrected chi connectivity index (χ0v) is 15.6. The average Bonchev–Trinajstić information content (AvgIpc) is 2.70. The van der Waals surface area contributed by atoms with Gasteiger partial charge in [-0.2, -0.15) is 0 Å². The maximum absolute atomic E-state index is 13.1. The number of ether oxygens (including phenoxy) is 1. The number of rotatable bonds is 7. The fraction of sp³-hybridized carbons (Fsp3) is 0.0952. The molecule has 3 aromatic rings. The number of primary amides is 2. The minimum Gasteiger partial charge on any atom is -0.457 e. The van der Waals surface area contributed by atoms with Crippen molar-refractivity contribution in [2.24, 2.45) is 11.5 Å². The Morgan fingerprint density at radius 2 is 1.72 bits per heavy atom. The third-order valence-corrected chi connectivity index (χ3v) is 4.16. The van der Waals surface area contributed by atoms with Gasteiger partial charge in [0.15, 0.2) is 0 Å². The smallest absolute Gasteiger partial charge is 0.248 e. The maximum atomic E-state index is 13.1. The molecule has 1 aromatic heterocycles. The number of pyridine rings is 1. The minimum atomic E-state index is -0.672. The van der Waals surface area contributed by atoms with Gasteiger partial charge in [-0.15, -0.1) is 0 Å². The lowest BCUT2D eigenvalue weighted by Crippen LogP contribution is -2.32. The number of hydrogen-bond donors (Lipinski definition) is 3. The van der Waals surface area contributed by atoms with Crippen molar-refractivity contribution in [3.05, 3.63) is 72.2 Å². The second-order valence-corrected chi connectivity index (χ2v) is 6.33. The molecule has 3 rings (SSSR count). The van der Waals surface area contributed by atoms with E-state index in [4.69, 9.17) is 16.2 Å². The summed E-state index contributed by atoms with van der Waals surface area (Å²) in [6, 6.07) is 13.1. The Bertz CT molecular complexity index is 1050. The number of nitrogens with one attached hydrogen (secondary N) is 1. The van der Waals surface area contributed by atoms with Crippen molar-refractivity contribution in [1.29, 1.82) is 0 Å². The molecular formula is C21H19FN4O3. The lowest BCUT2D eigenvalue weighted by atomic mass is 10.1. The predicted octanol–water partition coefficient (Wildman–Crippen LogP) is 3.06. The van der Waals surface area contributed by atoms with E-state index in [0.29, 0.717) is 34.0 Å². The topological polar surface area (TPSA) is 120 Å². The van der Waals surface area contributed by atoms with Crippen molar-refractivity contribution in [2.75, 3.05) is 5.32 Å². The highest BCUT2D eigenvalue weighted by atomic mass is 19.1. The number of benzene rings is 2. The fourth-order valence-electron chi connectivity index (χ4n) is 2.60. The molecule has 1 atom stereocenters. The van der Waals surface area contributed by atoms with Gasteiger partial charge >= 0.3 is 0 Å². The second kappa shape index (κ2) is 8.39. The van der Waals surface area contributed by atoms with Crippen LogP contribution in [0, 0.1) is 5.82 Å². The van der Waals surface area contributed by atoms with Crippen molar-refractivity contribution in [3.8, 4) is 22.8 Å². The van der Waals surface area contributed by atoms with E-state index in [2.05, 4.69) is 10.3 Å². The van der Waals surface area contributed by atoms with Crippen molar-refractivity contribution in [3.63, 3.8) is 0 Å². The lowest BCUT2D eigenvalue weighted by Gasteiger charge is -2.17. The molecule has 0 fully saturated rings. The molecule has 0 saturated heterocycles. The predicted molar refractivity (Wildman–Crippen MR) is 107 cm³/mol. The van der Waals surface area contributed by atoms with E-state index in [9.17, 15) is 14.0 Å².